The zero-order valence-electron chi connectivity index (χ0n) is 12.1. The van der Waals surface area contributed by atoms with E-state index in [0.717, 1.165) is 30.6 Å². The number of hydrogen-bond acceptors (Lipinski definition) is 4. The van der Waals surface area contributed by atoms with E-state index in [1.54, 1.807) is 23.9 Å². The summed E-state index contributed by atoms with van der Waals surface area (Å²) in [5.74, 6) is -0.188. The summed E-state index contributed by atoms with van der Waals surface area (Å²) in [4.78, 5) is 13.1. The molecule has 2 rings (SSSR count). The van der Waals surface area contributed by atoms with E-state index >= 15 is 0 Å². The first-order chi connectivity index (χ1) is 10.0. The van der Waals surface area contributed by atoms with Gasteiger partial charge >= 0.3 is 5.97 Å². The highest BCUT2D eigenvalue weighted by Crippen LogP contribution is 2.41. The largest absolute Gasteiger partial charge is 0.468 e. The topological polar surface area (TPSA) is 38.3 Å². The van der Waals surface area contributed by atoms with Gasteiger partial charge in [-0.2, -0.15) is 0 Å². The second-order valence-corrected chi connectivity index (χ2v) is 7.42. The molecule has 1 aromatic rings. The molecule has 1 N–H and O–H groups in total. The molecular formula is C15H19Cl2NO2S. The van der Waals surface area contributed by atoms with Crippen molar-refractivity contribution in [2.75, 3.05) is 14.2 Å². The molecule has 0 radical (unpaired) electrons. The highest BCUT2D eigenvalue weighted by molar-refractivity contribution is 8.00. The number of ether oxygens (including phenoxy) is 1. The minimum Gasteiger partial charge on any atom is -0.468 e. The number of rotatable bonds is 4. The van der Waals surface area contributed by atoms with E-state index in [1.807, 2.05) is 13.1 Å². The Morgan fingerprint density at radius 3 is 2.90 bits per heavy atom. The third-order valence-electron chi connectivity index (χ3n) is 3.95. The molecule has 0 spiro atoms. The quantitative estimate of drug-likeness (QED) is 0.830. The van der Waals surface area contributed by atoms with Crippen molar-refractivity contribution in [3.05, 3.63) is 28.2 Å². The van der Waals surface area contributed by atoms with Gasteiger partial charge in [0.25, 0.3) is 0 Å². The van der Waals surface area contributed by atoms with E-state index in [4.69, 9.17) is 27.9 Å². The lowest BCUT2D eigenvalue weighted by Gasteiger charge is -2.38. The Hall–Kier alpha value is -0.420. The van der Waals surface area contributed by atoms with Crippen LogP contribution in [0.2, 0.25) is 10.0 Å². The molecule has 0 saturated heterocycles. The normalized spacial score (nSPS) is 25.6. The highest BCUT2D eigenvalue weighted by Gasteiger charge is 2.42. The summed E-state index contributed by atoms with van der Waals surface area (Å²) in [6, 6.07) is 5.46. The monoisotopic (exact) mass is 347 g/mol. The maximum Gasteiger partial charge on any atom is 0.326 e. The Labute approximate surface area is 139 Å². The van der Waals surface area contributed by atoms with Crippen molar-refractivity contribution in [3.8, 4) is 0 Å². The zero-order chi connectivity index (χ0) is 15.5. The molecule has 0 heterocycles. The van der Waals surface area contributed by atoms with Gasteiger partial charge in [0, 0.05) is 15.2 Å². The molecule has 6 heteroatoms. The third kappa shape index (κ3) is 3.86. The van der Waals surface area contributed by atoms with Crippen LogP contribution < -0.4 is 5.32 Å². The minimum absolute atomic E-state index is 0.188. The molecule has 3 nitrogen and oxygen atoms in total. The van der Waals surface area contributed by atoms with Gasteiger partial charge in [-0.1, -0.05) is 23.2 Å². The summed E-state index contributed by atoms with van der Waals surface area (Å²) in [6.07, 6.45) is 3.56. The fraction of sp³-hybridized carbons (Fsp3) is 0.533. The second-order valence-electron chi connectivity index (χ2n) is 5.23. The predicted octanol–water partition coefficient (Wildman–Crippen LogP) is 4.16. The number of thioether (sulfide) groups is 1. The SMILES string of the molecule is CNC1(C(=O)OC)CCCC(Sc2cc(Cl)ccc2Cl)C1. The first-order valence-corrected chi connectivity index (χ1v) is 8.53. The maximum atomic E-state index is 12.1. The van der Waals surface area contributed by atoms with Gasteiger partial charge in [0.1, 0.15) is 5.54 Å². The number of nitrogens with one attached hydrogen (secondary N) is 1. The van der Waals surface area contributed by atoms with E-state index in [9.17, 15) is 4.79 Å². The first-order valence-electron chi connectivity index (χ1n) is 6.90. The molecule has 0 aromatic heterocycles. The number of hydrogen-bond donors (Lipinski definition) is 1. The predicted molar refractivity (Wildman–Crippen MR) is 88.4 cm³/mol. The van der Waals surface area contributed by atoms with Gasteiger partial charge in [-0.15, -0.1) is 11.8 Å². The van der Waals surface area contributed by atoms with Crippen LogP contribution in [0.4, 0.5) is 0 Å². The minimum atomic E-state index is -0.588. The third-order valence-corrected chi connectivity index (χ3v) is 5.95. The number of methoxy groups -OCH3 is 1. The molecule has 1 fully saturated rings. The summed E-state index contributed by atoms with van der Waals surface area (Å²) >= 11 is 13.9. The molecule has 1 aliphatic carbocycles. The van der Waals surface area contributed by atoms with E-state index in [1.165, 1.54) is 7.11 Å². The van der Waals surface area contributed by atoms with Crippen molar-refractivity contribution in [1.82, 2.24) is 5.32 Å². The van der Waals surface area contributed by atoms with Gasteiger partial charge in [-0.05, 0) is 50.9 Å². The van der Waals surface area contributed by atoms with Crippen LogP contribution in [0.15, 0.2) is 23.1 Å². The lowest BCUT2D eigenvalue weighted by Crippen LogP contribution is -2.54. The van der Waals surface area contributed by atoms with Crippen LogP contribution in [0.25, 0.3) is 0 Å². The molecule has 21 heavy (non-hydrogen) atoms. The van der Waals surface area contributed by atoms with Crippen molar-refractivity contribution in [2.24, 2.45) is 0 Å². The van der Waals surface area contributed by atoms with Crippen LogP contribution in [-0.2, 0) is 9.53 Å². The number of likely N-dealkylation sites (N-methyl/N-ethyl adjacent to an activating group) is 1. The molecule has 0 amide bonds. The number of carbonyl (C=O) groups is 1. The van der Waals surface area contributed by atoms with Crippen LogP contribution in [0, 0.1) is 0 Å². The van der Waals surface area contributed by atoms with E-state index in [-0.39, 0.29) is 5.97 Å². The molecular weight excluding hydrogens is 329 g/mol. The van der Waals surface area contributed by atoms with Gasteiger partial charge in [0.05, 0.1) is 12.1 Å². The van der Waals surface area contributed by atoms with E-state index in [0.29, 0.717) is 15.3 Å². The second kappa shape index (κ2) is 7.23. The van der Waals surface area contributed by atoms with Crippen LogP contribution >= 0.6 is 35.0 Å². The van der Waals surface area contributed by atoms with Crippen molar-refractivity contribution < 1.29 is 9.53 Å². The zero-order valence-corrected chi connectivity index (χ0v) is 14.4. The average molecular weight is 348 g/mol. The van der Waals surface area contributed by atoms with E-state index < -0.39 is 5.54 Å². The Morgan fingerprint density at radius 2 is 2.24 bits per heavy atom. The van der Waals surface area contributed by atoms with Crippen molar-refractivity contribution in [1.29, 1.82) is 0 Å². The van der Waals surface area contributed by atoms with Gasteiger partial charge < -0.3 is 10.1 Å². The lowest BCUT2D eigenvalue weighted by atomic mass is 9.81. The van der Waals surface area contributed by atoms with Crippen molar-refractivity contribution >= 4 is 40.9 Å². The molecule has 2 atom stereocenters. The first kappa shape index (κ1) is 16.9. The molecule has 1 aliphatic rings. The van der Waals surface area contributed by atoms with Crippen LogP contribution in [-0.4, -0.2) is 30.9 Å². The van der Waals surface area contributed by atoms with Crippen molar-refractivity contribution in [2.45, 2.75) is 41.4 Å². The van der Waals surface area contributed by atoms with Crippen molar-refractivity contribution in [3.63, 3.8) is 0 Å². The van der Waals surface area contributed by atoms with E-state index in [2.05, 4.69) is 5.32 Å². The number of benzene rings is 1. The van der Waals surface area contributed by atoms with Gasteiger partial charge in [0.15, 0.2) is 0 Å². The Bertz CT molecular complexity index is 526. The fourth-order valence-corrected chi connectivity index (χ4v) is 4.66. The molecule has 0 bridgehead atoms. The van der Waals surface area contributed by atoms with Gasteiger partial charge in [-0.25, -0.2) is 0 Å². The molecule has 1 aromatic carbocycles. The van der Waals surface area contributed by atoms with Crippen LogP contribution in [0.1, 0.15) is 25.7 Å². The molecule has 1 saturated carbocycles. The fourth-order valence-electron chi connectivity index (χ4n) is 2.78. The molecule has 116 valence electrons. The van der Waals surface area contributed by atoms with Crippen LogP contribution in [0.5, 0.6) is 0 Å². The van der Waals surface area contributed by atoms with Crippen LogP contribution in [0.3, 0.4) is 0 Å². The summed E-state index contributed by atoms with van der Waals surface area (Å²) in [5, 5.41) is 4.84. The number of carbonyl (C=O) groups excluding carboxylic acids is 1. The number of esters is 1. The summed E-state index contributed by atoms with van der Waals surface area (Å²) < 4.78 is 4.97. The van der Waals surface area contributed by atoms with Gasteiger partial charge in [0.2, 0.25) is 0 Å². The molecule has 0 aliphatic heterocycles. The summed E-state index contributed by atoms with van der Waals surface area (Å²) in [7, 11) is 3.25. The Balaban J connectivity index is 2.14. The Kier molecular flexibility index (Phi) is 5.83. The summed E-state index contributed by atoms with van der Waals surface area (Å²) in [5.41, 5.74) is -0.588. The Morgan fingerprint density at radius 1 is 1.48 bits per heavy atom. The average Bonchev–Trinajstić information content (AvgIpc) is 2.50. The standard InChI is InChI=1S/C15H19Cl2NO2S/c1-18-15(14(19)20-2)7-3-4-11(9-15)21-13-8-10(16)5-6-12(13)17/h5-6,8,11,18H,3-4,7,9H2,1-2H3. The maximum absolute atomic E-state index is 12.1. The summed E-state index contributed by atoms with van der Waals surface area (Å²) in [6.45, 7) is 0. The smallest absolute Gasteiger partial charge is 0.326 e. The lowest BCUT2D eigenvalue weighted by molar-refractivity contribution is -0.149. The van der Waals surface area contributed by atoms with Gasteiger partial charge in [-0.3, -0.25) is 4.79 Å². The highest BCUT2D eigenvalue weighted by atomic mass is 35.5. The molecule has 2 unspecified atom stereocenters. The number of halogens is 2.